The minimum atomic E-state index is -3.26. The van der Waals surface area contributed by atoms with Gasteiger partial charge in [0.2, 0.25) is 15.9 Å². The number of fused-ring (bicyclic) bond motifs is 1. The van der Waals surface area contributed by atoms with E-state index in [0.29, 0.717) is 5.56 Å². The highest BCUT2D eigenvalue weighted by molar-refractivity contribution is 7.88. The Morgan fingerprint density at radius 2 is 1.75 bits per heavy atom. The second-order valence-corrected chi connectivity index (χ2v) is 9.08. The molecule has 1 saturated heterocycles. The van der Waals surface area contributed by atoms with Crippen molar-refractivity contribution >= 4 is 27.0 Å². The number of sulfonamides is 1. The zero-order chi connectivity index (χ0) is 20.2. The first kappa shape index (κ1) is 18.5. The van der Waals surface area contributed by atoms with E-state index in [1.807, 2.05) is 24.3 Å². The van der Waals surface area contributed by atoms with E-state index in [1.165, 1.54) is 10.6 Å². The minimum Gasteiger partial charge on any atom is -0.366 e. The Morgan fingerprint density at radius 3 is 2.39 bits per heavy atom. The SMILES string of the molecule is Cn1c(=O)n(C2CN(S(C)(=O)=O)C2)c2cc(-c3cccc(C(N)=O)c3)ccc21. The zero-order valence-electron chi connectivity index (χ0n) is 15.5. The van der Waals surface area contributed by atoms with Gasteiger partial charge in [0, 0.05) is 25.7 Å². The zero-order valence-corrected chi connectivity index (χ0v) is 16.3. The number of hydrogen-bond acceptors (Lipinski definition) is 4. The van der Waals surface area contributed by atoms with Crippen LogP contribution in [-0.4, -0.2) is 47.1 Å². The highest BCUT2D eigenvalue weighted by Crippen LogP contribution is 2.29. The summed E-state index contributed by atoms with van der Waals surface area (Å²) in [6.07, 6.45) is 1.17. The van der Waals surface area contributed by atoms with Crippen LogP contribution in [0.2, 0.25) is 0 Å². The van der Waals surface area contributed by atoms with Crippen molar-refractivity contribution in [2.24, 2.45) is 12.8 Å². The average Bonchev–Trinajstić information content (AvgIpc) is 2.84. The second-order valence-electron chi connectivity index (χ2n) is 7.09. The molecule has 1 aliphatic heterocycles. The van der Waals surface area contributed by atoms with Gasteiger partial charge < -0.3 is 5.73 Å². The van der Waals surface area contributed by atoms with Gasteiger partial charge in [-0.15, -0.1) is 0 Å². The normalized spacial score (nSPS) is 15.6. The number of aryl methyl sites for hydroxylation is 1. The van der Waals surface area contributed by atoms with Gasteiger partial charge in [-0.1, -0.05) is 18.2 Å². The molecule has 28 heavy (non-hydrogen) atoms. The van der Waals surface area contributed by atoms with Crippen LogP contribution in [0.4, 0.5) is 0 Å². The van der Waals surface area contributed by atoms with Crippen LogP contribution in [0.15, 0.2) is 47.3 Å². The molecule has 0 atom stereocenters. The Balaban J connectivity index is 1.81. The molecule has 0 bridgehead atoms. The quantitative estimate of drug-likeness (QED) is 0.703. The molecule has 2 N–H and O–H groups in total. The van der Waals surface area contributed by atoms with Crippen LogP contribution in [-0.2, 0) is 17.1 Å². The van der Waals surface area contributed by atoms with Crippen molar-refractivity contribution in [3.05, 3.63) is 58.5 Å². The van der Waals surface area contributed by atoms with Gasteiger partial charge in [0.15, 0.2) is 0 Å². The number of primary amides is 1. The molecule has 2 aromatic carbocycles. The standard InChI is InChI=1S/C19H20N4O4S/c1-21-16-7-6-13(12-4-3-5-14(8-12)18(20)24)9-17(16)23(19(21)25)15-10-22(11-15)28(2,26)27/h3-9,15H,10-11H2,1-2H3,(H2,20,24). The molecule has 0 spiro atoms. The maximum atomic E-state index is 12.8. The summed E-state index contributed by atoms with van der Waals surface area (Å²) in [5.74, 6) is -0.505. The first-order chi connectivity index (χ1) is 13.2. The van der Waals surface area contributed by atoms with Crippen LogP contribution in [0.3, 0.4) is 0 Å². The molecule has 0 saturated carbocycles. The molecule has 4 rings (SSSR count). The van der Waals surface area contributed by atoms with Gasteiger partial charge in [-0.2, -0.15) is 4.31 Å². The van der Waals surface area contributed by atoms with Gasteiger partial charge in [-0.3, -0.25) is 13.9 Å². The van der Waals surface area contributed by atoms with Crippen molar-refractivity contribution < 1.29 is 13.2 Å². The summed E-state index contributed by atoms with van der Waals surface area (Å²) in [5, 5.41) is 0. The molecule has 8 nitrogen and oxygen atoms in total. The van der Waals surface area contributed by atoms with Crippen molar-refractivity contribution in [2.45, 2.75) is 6.04 Å². The van der Waals surface area contributed by atoms with Crippen molar-refractivity contribution in [2.75, 3.05) is 19.3 Å². The lowest BCUT2D eigenvalue weighted by Crippen LogP contribution is -2.52. The summed E-state index contributed by atoms with van der Waals surface area (Å²) in [5.41, 5.74) is 8.74. The third-order valence-electron chi connectivity index (χ3n) is 5.23. The molecule has 0 aliphatic carbocycles. The predicted octanol–water partition coefficient (Wildman–Crippen LogP) is 0.922. The van der Waals surface area contributed by atoms with Gasteiger partial charge in [-0.25, -0.2) is 13.2 Å². The average molecular weight is 400 g/mol. The second kappa shape index (κ2) is 6.32. The Kier molecular flexibility index (Phi) is 4.16. The molecular formula is C19H20N4O4S. The van der Waals surface area contributed by atoms with Gasteiger partial charge in [0.25, 0.3) is 0 Å². The largest absolute Gasteiger partial charge is 0.366 e. The number of hydrogen-bond donors (Lipinski definition) is 1. The van der Waals surface area contributed by atoms with Crippen LogP contribution < -0.4 is 11.4 Å². The van der Waals surface area contributed by atoms with E-state index in [9.17, 15) is 18.0 Å². The lowest BCUT2D eigenvalue weighted by Gasteiger charge is -2.37. The number of carbonyl (C=O) groups excluding carboxylic acids is 1. The van der Waals surface area contributed by atoms with Crippen LogP contribution in [0.5, 0.6) is 0 Å². The van der Waals surface area contributed by atoms with Gasteiger partial charge in [-0.05, 0) is 35.4 Å². The van der Waals surface area contributed by atoms with E-state index in [-0.39, 0.29) is 24.8 Å². The Bertz CT molecular complexity index is 1270. The van der Waals surface area contributed by atoms with Crippen LogP contribution >= 0.6 is 0 Å². The number of nitrogens with two attached hydrogens (primary N) is 1. The maximum Gasteiger partial charge on any atom is 0.329 e. The molecular weight excluding hydrogens is 380 g/mol. The smallest absolute Gasteiger partial charge is 0.329 e. The molecule has 1 amide bonds. The summed E-state index contributed by atoms with van der Waals surface area (Å²) in [6, 6.07) is 12.4. The molecule has 1 aliphatic rings. The highest BCUT2D eigenvalue weighted by Gasteiger charge is 2.36. The molecule has 146 valence electrons. The van der Waals surface area contributed by atoms with E-state index < -0.39 is 15.9 Å². The Morgan fingerprint density at radius 1 is 1.07 bits per heavy atom. The van der Waals surface area contributed by atoms with E-state index in [1.54, 1.807) is 34.4 Å². The molecule has 1 fully saturated rings. The topological polar surface area (TPSA) is 107 Å². The fourth-order valence-electron chi connectivity index (χ4n) is 3.60. The number of aromatic nitrogens is 2. The first-order valence-electron chi connectivity index (χ1n) is 8.73. The number of nitrogens with zero attached hydrogens (tertiary/aromatic N) is 3. The number of imidazole rings is 1. The lowest BCUT2D eigenvalue weighted by atomic mass is 10.0. The number of carbonyl (C=O) groups is 1. The van der Waals surface area contributed by atoms with E-state index in [0.717, 1.165) is 22.2 Å². The third-order valence-corrected chi connectivity index (χ3v) is 6.47. The van der Waals surface area contributed by atoms with E-state index in [4.69, 9.17) is 5.73 Å². The van der Waals surface area contributed by atoms with E-state index in [2.05, 4.69) is 0 Å². The fourth-order valence-corrected chi connectivity index (χ4v) is 4.49. The highest BCUT2D eigenvalue weighted by atomic mass is 32.2. The van der Waals surface area contributed by atoms with Gasteiger partial charge in [0.05, 0.1) is 23.3 Å². The molecule has 9 heteroatoms. The summed E-state index contributed by atoms with van der Waals surface area (Å²) in [7, 11) is -1.57. The predicted molar refractivity (Wildman–Crippen MR) is 107 cm³/mol. The van der Waals surface area contributed by atoms with E-state index >= 15 is 0 Å². The summed E-state index contributed by atoms with van der Waals surface area (Å²) in [4.78, 5) is 24.2. The van der Waals surface area contributed by atoms with Gasteiger partial charge in [0.1, 0.15) is 0 Å². The summed E-state index contributed by atoms with van der Waals surface area (Å²) < 4.78 is 27.9. The molecule has 2 heterocycles. The van der Waals surface area contributed by atoms with Crippen LogP contribution in [0.1, 0.15) is 16.4 Å². The molecule has 3 aromatic rings. The molecule has 0 radical (unpaired) electrons. The lowest BCUT2D eigenvalue weighted by molar-refractivity contribution is 0.100. The molecule has 0 unspecified atom stereocenters. The summed E-state index contributed by atoms with van der Waals surface area (Å²) >= 11 is 0. The maximum absolute atomic E-state index is 12.8. The van der Waals surface area contributed by atoms with Crippen LogP contribution in [0.25, 0.3) is 22.2 Å². The monoisotopic (exact) mass is 400 g/mol. The van der Waals surface area contributed by atoms with Crippen molar-refractivity contribution in [1.82, 2.24) is 13.4 Å². The molecule has 1 aromatic heterocycles. The number of amides is 1. The summed E-state index contributed by atoms with van der Waals surface area (Å²) in [6.45, 7) is 0.554. The number of rotatable bonds is 4. The Hall–Kier alpha value is -2.91. The minimum absolute atomic E-state index is 0.184. The van der Waals surface area contributed by atoms with Crippen molar-refractivity contribution in [3.8, 4) is 11.1 Å². The van der Waals surface area contributed by atoms with Crippen LogP contribution in [0, 0.1) is 0 Å². The number of benzene rings is 2. The van der Waals surface area contributed by atoms with Crippen molar-refractivity contribution in [1.29, 1.82) is 0 Å². The van der Waals surface area contributed by atoms with Crippen molar-refractivity contribution in [3.63, 3.8) is 0 Å². The third kappa shape index (κ3) is 2.92. The fraction of sp³-hybridized carbons (Fsp3) is 0.263. The van der Waals surface area contributed by atoms with Gasteiger partial charge >= 0.3 is 5.69 Å². The first-order valence-corrected chi connectivity index (χ1v) is 10.6. The Labute approximate surface area is 161 Å².